The first kappa shape index (κ1) is 10.2. The summed E-state index contributed by atoms with van der Waals surface area (Å²) in [5.74, 6) is -0.331. The van der Waals surface area contributed by atoms with Crippen LogP contribution in [-0.4, -0.2) is 16.6 Å². The number of benzene rings is 1. The van der Waals surface area contributed by atoms with E-state index in [9.17, 15) is 15.2 Å². The van der Waals surface area contributed by atoms with Crippen molar-refractivity contribution in [2.24, 2.45) is 5.73 Å². The van der Waals surface area contributed by atoms with Gasteiger partial charge in [-0.15, -0.1) is 0 Å². The standard InChI is InChI=1S/C9H10N2O3/c10-6-2-4-7-3-1-5-8(9(7)12)11(13)14/h1-5,12H,6,10H2. The number of nitrogens with zero attached hydrogens (tertiary/aromatic N) is 1. The summed E-state index contributed by atoms with van der Waals surface area (Å²) in [6.45, 7) is 0.322. The maximum absolute atomic E-state index is 10.4. The van der Waals surface area contributed by atoms with Gasteiger partial charge >= 0.3 is 5.69 Å². The van der Waals surface area contributed by atoms with E-state index in [0.29, 0.717) is 12.1 Å². The van der Waals surface area contributed by atoms with Gasteiger partial charge in [-0.3, -0.25) is 10.1 Å². The van der Waals surface area contributed by atoms with Gasteiger partial charge in [-0.05, 0) is 0 Å². The van der Waals surface area contributed by atoms with Crippen molar-refractivity contribution in [1.29, 1.82) is 0 Å². The number of hydrogen-bond donors (Lipinski definition) is 2. The molecule has 0 heterocycles. The van der Waals surface area contributed by atoms with Gasteiger partial charge in [0.2, 0.25) is 5.75 Å². The molecule has 74 valence electrons. The quantitative estimate of drug-likeness (QED) is 0.560. The fraction of sp³-hybridized carbons (Fsp3) is 0.111. The van der Waals surface area contributed by atoms with Gasteiger partial charge in [-0.25, -0.2) is 0 Å². The Labute approximate surface area is 80.6 Å². The second-order valence-corrected chi connectivity index (χ2v) is 2.61. The fourth-order valence-electron chi connectivity index (χ4n) is 1.03. The van der Waals surface area contributed by atoms with Crippen LogP contribution in [0.3, 0.4) is 0 Å². The molecule has 0 saturated heterocycles. The molecule has 0 aliphatic heterocycles. The number of nitrogens with two attached hydrogens (primary N) is 1. The molecule has 0 bridgehead atoms. The van der Waals surface area contributed by atoms with Gasteiger partial charge in [0.1, 0.15) is 0 Å². The summed E-state index contributed by atoms with van der Waals surface area (Å²) >= 11 is 0. The second kappa shape index (κ2) is 4.38. The van der Waals surface area contributed by atoms with E-state index in [-0.39, 0.29) is 11.4 Å². The summed E-state index contributed by atoms with van der Waals surface area (Å²) in [6.07, 6.45) is 3.15. The van der Waals surface area contributed by atoms with Crippen molar-refractivity contribution >= 4 is 11.8 Å². The Bertz CT molecular complexity index is 374. The number of aromatic hydroxyl groups is 1. The summed E-state index contributed by atoms with van der Waals surface area (Å²) in [5.41, 5.74) is 5.31. The number of phenolic OH excluding ortho intramolecular Hbond substituents is 1. The van der Waals surface area contributed by atoms with E-state index in [1.807, 2.05) is 0 Å². The van der Waals surface area contributed by atoms with Crippen molar-refractivity contribution in [3.8, 4) is 5.75 Å². The molecular weight excluding hydrogens is 184 g/mol. The molecule has 14 heavy (non-hydrogen) atoms. The van der Waals surface area contributed by atoms with Crippen LogP contribution >= 0.6 is 0 Å². The lowest BCUT2D eigenvalue weighted by atomic mass is 10.1. The zero-order valence-electron chi connectivity index (χ0n) is 7.38. The van der Waals surface area contributed by atoms with Crippen molar-refractivity contribution < 1.29 is 10.0 Å². The molecule has 0 fully saturated rings. The van der Waals surface area contributed by atoms with Crippen LogP contribution in [0.25, 0.3) is 6.08 Å². The molecule has 0 spiro atoms. The Kier molecular flexibility index (Phi) is 3.19. The predicted molar refractivity (Wildman–Crippen MR) is 52.8 cm³/mol. The van der Waals surface area contributed by atoms with Crippen LogP contribution in [0.4, 0.5) is 5.69 Å². The number of rotatable bonds is 3. The van der Waals surface area contributed by atoms with Gasteiger partial charge in [0.05, 0.1) is 4.92 Å². The molecule has 0 amide bonds. The Morgan fingerprint density at radius 2 is 2.29 bits per heavy atom. The minimum Gasteiger partial charge on any atom is -0.502 e. The molecule has 0 radical (unpaired) electrons. The highest BCUT2D eigenvalue weighted by atomic mass is 16.6. The normalized spacial score (nSPS) is 10.6. The lowest BCUT2D eigenvalue weighted by Gasteiger charge is -1.99. The van der Waals surface area contributed by atoms with Gasteiger partial charge in [-0.1, -0.05) is 24.3 Å². The van der Waals surface area contributed by atoms with Crippen molar-refractivity contribution in [1.82, 2.24) is 0 Å². The van der Waals surface area contributed by atoms with Crippen LogP contribution in [0.2, 0.25) is 0 Å². The zero-order chi connectivity index (χ0) is 10.6. The SMILES string of the molecule is NCC=Cc1cccc([N+](=O)[O-])c1O. The minimum absolute atomic E-state index is 0.302. The zero-order valence-corrected chi connectivity index (χ0v) is 7.38. The highest BCUT2D eigenvalue weighted by Gasteiger charge is 2.14. The van der Waals surface area contributed by atoms with Crippen LogP contribution in [0.5, 0.6) is 5.75 Å². The number of para-hydroxylation sites is 1. The van der Waals surface area contributed by atoms with E-state index in [1.165, 1.54) is 12.1 Å². The van der Waals surface area contributed by atoms with Crippen LogP contribution in [0.1, 0.15) is 5.56 Å². The monoisotopic (exact) mass is 194 g/mol. The van der Waals surface area contributed by atoms with Crippen molar-refractivity contribution in [3.05, 3.63) is 40.0 Å². The van der Waals surface area contributed by atoms with Crippen LogP contribution in [-0.2, 0) is 0 Å². The summed E-state index contributed by atoms with van der Waals surface area (Å²) in [5, 5.41) is 19.9. The molecule has 5 nitrogen and oxygen atoms in total. The predicted octanol–water partition coefficient (Wildman–Crippen LogP) is 1.27. The second-order valence-electron chi connectivity index (χ2n) is 2.61. The van der Waals surface area contributed by atoms with Crippen molar-refractivity contribution in [3.63, 3.8) is 0 Å². The average Bonchev–Trinajstić information content (AvgIpc) is 2.16. The highest BCUT2D eigenvalue weighted by molar-refractivity contribution is 5.64. The van der Waals surface area contributed by atoms with Gasteiger partial charge in [0.25, 0.3) is 0 Å². The van der Waals surface area contributed by atoms with Crippen LogP contribution in [0, 0.1) is 10.1 Å². The molecule has 0 saturated carbocycles. The summed E-state index contributed by atoms with van der Waals surface area (Å²) in [7, 11) is 0. The lowest BCUT2D eigenvalue weighted by molar-refractivity contribution is -0.385. The Morgan fingerprint density at radius 1 is 1.57 bits per heavy atom. The molecule has 0 aliphatic rings. The molecule has 3 N–H and O–H groups in total. The van der Waals surface area contributed by atoms with Gasteiger partial charge < -0.3 is 10.8 Å². The first-order valence-corrected chi connectivity index (χ1v) is 3.99. The van der Waals surface area contributed by atoms with E-state index in [1.54, 1.807) is 18.2 Å². The molecule has 0 unspecified atom stereocenters. The van der Waals surface area contributed by atoms with Crippen LogP contribution < -0.4 is 5.73 Å². The molecule has 1 rings (SSSR count). The van der Waals surface area contributed by atoms with Crippen molar-refractivity contribution in [2.45, 2.75) is 0 Å². The molecule has 1 aromatic rings. The van der Waals surface area contributed by atoms with Crippen LogP contribution in [0.15, 0.2) is 24.3 Å². The van der Waals surface area contributed by atoms with E-state index < -0.39 is 4.92 Å². The molecular formula is C9H10N2O3. The number of hydrogen-bond acceptors (Lipinski definition) is 4. The van der Waals surface area contributed by atoms with Gasteiger partial charge in [-0.2, -0.15) is 0 Å². The minimum atomic E-state index is -0.630. The van der Waals surface area contributed by atoms with Gasteiger partial charge in [0.15, 0.2) is 0 Å². The van der Waals surface area contributed by atoms with E-state index in [2.05, 4.69) is 0 Å². The topological polar surface area (TPSA) is 89.4 Å². The molecule has 1 aromatic carbocycles. The van der Waals surface area contributed by atoms with Crippen molar-refractivity contribution in [2.75, 3.05) is 6.54 Å². The number of phenols is 1. The summed E-state index contributed by atoms with van der Waals surface area (Å²) in [6, 6.07) is 4.33. The summed E-state index contributed by atoms with van der Waals surface area (Å²) in [4.78, 5) is 9.81. The fourth-order valence-corrected chi connectivity index (χ4v) is 1.03. The maximum Gasteiger partial charge on any atom is 0.311 e. The van der Waals surface area contributed by atoms with E-state index in [0.717, 1.165) is 0 Å². The largest absolute Gasteiger partial charge is 0.502 e. The highest BCUT2D eigenvalue weighted by Crippen LogP contribution is 2.29. The molecule has 0 aromatic heterocycles. The third kappa shape index (κ3) is 2.08. The van der Waals surface area contributed by atoms with E-state index in [4.69, 9.17) is 5.73 Å². The number of nitro benzene ring substituents is 1. The third-order valence-corrected chi connectivity index (χ3v) is 1.68. The average molecular weight is 194 g/mol. The first-order chi connectivity index (χ1) is 6.66. The molecule has 0 aliphatic carbocycles. The lowest BCUT2D eigenvalue weighted by Crippen LogP contribution is -1.93. The first-order valence-electron chi connectivity index (χ1n) is 3.99. The maximum atomic E-state index is 10.4. The third-order valence-electron chi connectivity index (χ3n) is 1.68. The molecule has 5 heteroatoms. The molecule has 0 atom stereocenters. The Hall–Kier alpha value is -1.88. The smallest absolute Gasteiger partial charge is 0.311 e. The number of nitro groups is 1. The van der Waals surface area contributed by atoms with E-state index >= 15 is 0 Å². The van der Waals surface area contributed by atoms with Gasteiger partial charge in [0, 0.05) is 18.2 Å². The summed E-state index contributed by atoms with van der Waals surface area (Å²) < 4.78 is 0. The Balaban J connectivity index is 3.14. The Morgan fingerprint density at radius 3 is 2.86 bits per heavy atom.